The Morgan fingerprint density at radius 2 is 1.55 bits per heavy atom. The molecule has 0 aliphatic heterocycles. The normalized spacial score (nSPS) is 10.6. The Kier molecular flexibility index (Phi) is 6.69. The van der Waals surface area contributed by atoms with Crippen LogP contribution in [0, 0.1) is 3.57 Å². The Bertz CT molecular complexity index is 1180. The Morgan fingerprint density at radius 1 is 0.871 bits per heavy atom. The highest BCUT2D eigenvalue weighted by molar-refractivity contribution is 14.1. The van der Waals surface area contributed by atoms with E-state index >= 15 is 0 Å². The first-order chi connectivity index (χ1) is 15.1. The number of anilines is 1. The number of carbonyl (C=O) groups is 1. The van der Waals surface area contributed by atoms with Gasteiger partial charge >= 0.3 is 0 Å². The summed E-state index contributed by atoms with van der Waals surface area (Å²) in [5.41, 5.74) is 4.83. The highest BCUT2D eigenvalue weighted by Gasteiger charge is 2.14. The SMILES string of the molecule is O=C(Cc1ccc(I)cc1)Nc1ncc(-c2ccc(CO)cc2)nc1-c1ccccc1. The molecular weight excluding hydrogens is 501 g/mol. The van der Waals surface area contributed by atoms with Crippen LogP contribution in [0.5, 0.6) is 0 Å². The van der Waals surface area contributed by atoms with E-state index in [1.54, 1.807) is 6.20 Å². The summed E-state index contributed by atoms with van der Waals surface area (Å²) in [4.78, 5) is 22.0. The molecule has 154 valence electrons. The standard InChI is InChI=1S/C25H20IN3O2/c26-21-12-8-17(9-13-21)14-23(31)29-25-24(20-4-2-1-3-5-20)28-22(15-27-25)19-10-6-18(16-30)7-11-19/h1-13,15,30H,14,16H2,(H,27,29,31). The summed E-state index contributed by atoms with van der Waals surface area (Å²) < 4.78 is 1.13. The second kappa shape index (κ2) is 9.80. The molecule has 4 rings (SSSR count). The van der Waals surface area contributed by atoms with Crippen molar-refractivity contribution in [2.75, 3.05) is 5.32 Å². The fourth-order valence-corrected chi connectivity index (χ4v) is 3.52. The molecule has 0 saturated heterocycles. The fourth-order valence-electron chi connectivity index (χ4n) is 3.16. The second-order valence-corrected chi connectivity index (χ2v) is 8.27. The van der Waals surface area contributed by atoms with Crippen molar-refractivity contribution < 1.29 is 9.90 Å². The maximum Gasteiger partial charge on any atom is 0.230 e. The molecule has 0 unspecified atom stereocenters. The van der Waals surface area contributed by atoms with Gasteiger partial charge in [-0.25, -0.2) is 9.97 Å². The lowest BCUT2D eigenvalue weighted by molar-refractivity contribution is -0.115. The average molecular weight is 521 g/mol. The number of hydrogen-bond acceptors (Lipinski definition) is 4. The first-order valence-electron chi connectivity index (χ1n) is 9.79. The quantitative estimate of drug-likeness (QED) is 0.347. The molecule has 0 saturated carbocycles. The van der Waals surface area contributed by atoms with E-state index in [9.17, 15) is 9.90 Å². The fraction of sp³-hybridized carbons (Fsp3) is 0.0800. The molecule has 1 aromatic heterocycles. The molecule has 3 aromatic carbocycles. The Labute approximate surface area is 194 Å². The third-order valence-corrected chi connectivity index (χ3v) is 5.51. The highest BCUT2D eigenvalue weighted by Crippen LogP contribution is 2.28. The van der Waals surface area contributed by atoms with Crippen LogP contribution in [0.15, 0.2) is 85.1 Å². The molecule has 1 amide bonds. The van der Waals surface area contributed by atoms with Crippen LogP contribution in [-0.4, -0.2) is 21.0 Å². The molecule has 0 fully saturated rings. The van der Waals surface area contributed by atoms with E-state index in [1.807, 2.05) is 78.9 Å². The third-order valence-electron chi connectivity index (χ3n) is 4.79. The Hall–Kier alpha value is -3.10. The van der Waals surface area contributed by atoms with Gasteiger partial charge in [-0.15, -0.1) is 0 Å². The lowest BCUT2D eigenvalue weighted by atomic mass is 10.1. The Morgan fingerprint density at radius 3 is 2.23 bits per heavy atom. The van der Waals surface area contributed by atoms with Crippen LogP contribution < -0.4 is 5.32 Å². The van der Waals surface area contributed by atoms with Crippen molar-refractivity contribution in [1.82, 2.24) is 9.97 Å². The van der Waals surface area contributed by atoms with Gasteiger partial charge in [0.15, 0.2) is 5.82 Å². The molecule has 0 atom stereocenters. The van der Waals surface area contributed by atoms with Gasteiger partial charge in [0.05, 0.1) is 24.9 Å². The van der Waals surface area contributed by atoms with Gasteiger partial charge in [0.25, 0.3) is 0 Å². The first-order valence-corrected chi connectivity index (χ1v) is 10.9. The van der Waals surface area contributed by atoms with E-state index in [1.165, 1.54) is 0 Å². The Balaban J connectivity index is 1.64. The number of aromatic nitrogens is 2. The number of aliphatic hydroxyl groups is 1. The van der Waals surface area contributed by atoms with E-state index in [4.69, 9.17) is 4.98 Å². The molecule has 0 bridgehead atoms. The third kappa shape index (κ3) is 5.34. The zero-order valence-electron chi connectivity index (χ0n) is 16.6. The smallest absolute Gasteiger partial charge is 0.230 e. The lowest BCUT2D eigenvalue weighted by Gasteiger charge is -2.12. The number of nitrogens with one attached hydrogen (secondary N) is 1. The van der Waals surface area contributed by atoms with E-state index < -0.39 is 0 Å². The monoisotopic (exact) mass is 521 g/mol. The maximum absolute atomic E-state index is 12.7. The number of carbonyl (C=O) groups excluding carboxylic acids is 1. The summed E-state index contributed by atoms with van der Waals surface area (Å²) in [7, 11) is 0. The first kappa shape index (κ1) is 21.1. The molecule has 0 radical (unpaired) electrons. The molecule has 0 aliphatic carbocycles. The number of aliphatic hydroxyl groups excluding tert-OH is 1. The van der Waals surface area contributed by atoms with Crippen LogP contribution >= 0.6 is 22.6 Å². The molecule has 1 heterocycles. The van der Waals surface area contributed by atoms with Crippen molar-refractivity contribution in [3.8, 4) is 22.5 Å². The van der Waals surface area contributed by atoms with Gasteiger partial charge in [0.2, 0.25) is 5.91 Å². The number of hydrogen-bond donors (Lipinski definition) is 2. The zero-order valence-corrected chi connectivity index (χ0v) is 18.8. The number of rotatable bonds is 6. The second-order valence-electron chi connectivity index (χ2n) is 7.02. The number of nitrogens with zero attached hydrogens (tertiary/aromatic N) is 2. The lowest BCUT2D eigenvalue weighted by Crippen LogP contribution is -2.16. The van der Waals surface area contributed by atoms with Crippen molar-refractivity contribution >= 4 is 34.3 Å². The summed E-state index contributed by atoms with van der Waals surface area (Å²) in [5.74, 6) is 0.283. The van der Waals surface area contributed by atoms with Crippen molar-refractivity contribution in [1.29, 1.82) is 0 Å². The topological polar surface area (TPSA) is 75.1 Å². The van der Waals surface area contributed by atoms with Crippen molar-refractivity contribution in [2.24, 2.45) is 0 Å². The van der Waals surface area contributed by atoms with Gasteiger partial charge in [0.1, 0.15) is 5.69 Å². The van der Waals surface area contributed by atoms with Crippen LogP contribution in [0.2, 0.25) is 0 Å². The van der Waals surface area contributed by atoms with Crippen molar-refractivity contribution in [3.05, 3.63) is 99.8 Å². The predicted octanol–water partition coefficient (Wildman–Crippen LogP) is 5.09. The minimum atomic E-state index is -0.146. The van der Waals surface area contributed by atoms with Gasteiger partial charge < -0.3 is 10.4 Å². The molecular formula is C25H20IN3O2. The molecule has 0 aliphatic rings. The van der Waals surface area contributed by atoms with Crippen molar-refractivity contribution in [3.63, 3.8) is 0 Å². The van der Waals surface area contributed by atoms with Crippen LogP contribution in [0.1, 0.15) is 11.1 Å². The summed E-state index contributed by atoms with van der Waals surface area (Å²) in [6.45, 7) is -0.00718. The van der Waals surface area contributed by atoms with E-state index in [-0.39, 0.29) is 18.9 Å². The molecule has 31 heavy (non-hydrogen) atoms. The van der Waals surface area contributed by atoms with Gasteiger partial charge in [-0.2, -0.15) is 0 Å². The highest BCUT2D eigenvalue weighted by atomic mass is 127. The van der Waals surface area contributed by atoms with Crippen LogP contribution in [0.4, 0.5) is 5.82 Å². The zero-order chi connectivity index (χ0) is 21.6. The number of benzene rings is 3. The van der Waals surface area contributed by atoms with Gasteiger partial charge in [-0.1, -0.05) is 66.7 Å². The van der Waals surface area contributed by atoms with E-state index in [0.717, 1.165) is 25.8 Å². The summed E-state index contributed by atoms with van der Waals surface area (Å²) in [5, 5.41) is 12.2. The molecule has 4 aromatic rings. The minimum Gasteiger partial charge on any atom is -0.392 e. The summed E-state index contributed by atoms with van der Waals surface area (Å²) in [6, 6.07) is 25.1. The molecule has 2 N–H and O–H groups in total. The van der Waals surface area contributed by atoms with Crippen LogP contribution in [0.25, 0.3) is 22.5 Å². The van der Waals surface area contributed by atoms with Gasteiger partial charge in [0, 0.05) is 14.7 Å². The summed E-state index contributed by atoms with van der Waals surface area (Å²) in [6.07, 6.45) is 1.91. The largest absolute Gasteiger partial charge is 0.392 e. The van der Waals surface area contributed by atoms with Gasteiger partial charge in [-0.3, -0.25) is 4.79 Å². The minimum absolute atomic E-state index is 0.00718. The van der Waals surface area contributed by atoms with Crippen molar-refractivity contribution in [2.45, 2.75) is 13.0 Å². The maximum atomic E-state index is 12.7. The van der Waals surface area contributed by atoms with Gasteiger partial charge in [-0.05, 0) is 45.9 Å². The van der Waals surface area contributed by atoms with Crippen LogP contribution in [0.3, 0.4) is 0 Å². The predicted molar refractivity (Wildman–Crippen MR) is 130 cm³/mol. The number of halogens is 1. The molecule has 5 nitrogen and oxygen atoms in total. The van der Waals surface area contributed by atoms with E-state index in [2.05, 4.69) is 32.9 Å². The summed E-state index contributed by atoms with van der Waals surface area (Å²) >= 11 is 2.24. The van der Waals surface area contributed by atoms with Crippen LogP contribution in [-0.2, 0) is 17.8 Å². The molecule has 0 spiro atoms. The molecule has 6 heteroatoms. The number of amides is 1. The average Bonchev–Trinajstić information content (AvgIpc) is 2.81. The van der Waals surface area contributed by atoms with E-state index in [0.29, 0.717) is 17.2 Å².